The van der Waals surface area contributed by atoms with Crippen LogP contribution in [0.2, 0.25) is 0 Å². The molecule has 6 aromatic rings. The van der Waals surface area contributed by atoms with Crippen LogP contribution in [0.25, 0.3) is 55.4 Å². The molecule has 3 nitrogen and oxygen atoms in total. The van der Waals surface area contributed by atoms with Crippen molar-refractivity contribution in [2.24, 2.45) is 7.05 Å². The third-order valence-electron chi connectivity index (χ3n) is 8.36. The SMILES string of the molecule is [2H]C(C)(C)c1cc[n+](C)c(-c2c(C)ccc3c2oc2c(-c4cccc(-c5ccc(C(C)(C)C)cc5)c4)c(C#N)ccc23)c1. The predicted molar refractivity (Wildman–Crippen MR) is 173 cm³/mol. The number of furan rings is 1. The maximum absolute atomic E-state index is 10.2. The number of nitriles is 1. The molecule has 4 aromatic carbocycles. The smallest absolute Gasteiger partial charge is 0.216 e. The summed E-state index contributed by atoms with van der Waals surface area (Å²) in [4.78, 5) is 0. The average Bonchev–Trinajstić information content (AvgIpc) is 3.34. The maximum Gasteiger partial charge on any atom is 0.216 e. The number of nitrogens with zero attached hydrogens (tertiary/aromatic N) is 2. The highest BCUT2D eigenvalue weighted by atomic mass is 16.3. The van der Waals surface area contributed by atoms with Gasteiger partial charge in [-0.05, 0) is 69.8 Å². The summed E-state index contributed by atoms with van der Waals surface area (Å²) in [5, 5.41) is 12.2. The number of hydrogen-bond donors (Lipinski definition) is 0. The fourth-order valence-corrected chi connectivity index (χ4v) is 5.85. The van der Waals surface area contributed by atoms with Crippen molar-refractivity contribution in [3.05, 3.63) is 113 Å². The molecule has 0 atom stereocenters. The zero-order chi connectivity index (χ0) is 30.7. The Morgan fingerprint density at radius 3 is 2.14 bits per heavy atom. The van der Waals surface area contributed by atoms with Gasteiger partial charge >= 0.3 is 0 Å². The molecule has 0 bridgehead atoms. The molecule has 0 amide bonds. The van der Waals surface area contributed by atoms with Crippen LogP contribution >= 0.6 is 0 Å². The van der Waals surface area contributed by atoms with E-state index >= 15 is 0 Å². The molecular weight excluding hydrogens is 512 g/mol. The molecule has 2 aromatic heterocycles. The number of aryl methyl sites for hydroxylation is 2. The molecule has 0 aliphatic carbocycles. The molecule has 0 saturated heterocycles. The number of aromatic nitrogens is 1. The minimum absolute atomic E-state index is 0.0893. The minimum Gasteiger partial charge on any atom is -0.454 e. The van der Waals surface area contributed by atoms with Crippen LogP contribution < -0.4 is 4.57 Å². The van der Waals surface area contributed by atoms with Crippen molar-refractivity contribution in [2.75, 3.05) is 0 Å². The van der Waals surface area contributed by atoms with Crippen LogP contribution in [0.4, 0.5) is 0 Å². The third kappa shape index (κ3) is 4.68. The molecule has 3 heteroatoms. The summed E-state index contributed by atoms with van der Waals surface area (Å²) in [7, 11) is 2.02. The van der Waals surface area contributed by atoms with Crippen molar-refractivity contribution in [3.63, 3.8) is 0 Å². The second-order valence-corrected chi connectivity index (χ2v) is 12.5. The molecule has 0 saturated carbocycles. The topological polar surface area (TPSA) is 40.8 Å². The molecule has 0 aliphatic heterocycles. The second-order valence-electron chi connectivity index (χ2n) is 12.5. The number of hydrogen-bond acceptors (Lipinski definition) is 2. The average molecular weight is 551 g/mol. The number of rotatable bonds is 4. The fourth-order valence-electron chi connectivity index (χ4n) is 5.85. The Balaban J connectivity index is 1.58. The van der Waals surface area contributed by atoms with Crippen LogP contribution in [0.1, 0.15) is 64.1 Å². The van der Waals surface area contributed by atoms with Crippen LogP contribution in [-0.4, -0.2) is 0 Å². The highest BCUT2D eigenvalue weighted by molar-refractivity contribution is 6.14. The summed E-state index contributed by atoms with van der Waals surface area (Å²) in [6.07, 6.45) is 2.01. The molecule has 0 fully saturated rings. The van der Waals surface area contributed by atoms with E-state index in [1.165, 1.54) is 5.56 Å². The lowest BCUT2D eigenvalue weighted by molar-refractivity contribution is -0.660. The zero-order valence-corrected chi connectivity index (χ0v) is 25.5. The van der Waals surface area contributed by atoms with E-state index in [4.69, 9.17) is 5.79 Å². The van der Waals surface area contributed by atoms with Crippen molar-refractivity contribution in [1.29, 1.82) is 5.26 Å². The van der Waals surface area contributed by atoms with Gasteiger partial charge in [-0.3, -0.25) is 0 Å². The molecule has 0 radical (unpaired) electrons. The summed E-state index contributed by atoms with van der Waals surface area (Å²) in [5.41, 5.74) is 11.4. The van der Waals surface area contributed by atoms with Crippen LogP contribution in [0, 0.1) is 18.3 Å². The molecule has 0 aliphatic rings. The van der Waals surface area contributed by atoms with E-state index in [9.17, 15) is 5.26 Å². The standard InChI is InChI=1S/C39H37N2O/c1-24(2)27-19-20-41(7)34(22-27)35-25(3)11-17-32-33-18-14-30(23-40)36(38(33)42-37(32)35)29-10-8-9-28(21-29)26-12-15-31(16-13-26)39(4,5)6/h8-22,24H,1-7H3/q+1/i24D. The second kappa shape index (κ2) is 10.3. The minimum atomic E-state index is -0.731. The number of pyridine rings is 1. The van der Waals surface area contributed by atoms with Gasteiger partial charge in [0.05, 0.1) is 17.2 Å². The van der Waals surface area contributed by atoms with Crippen LogP contribution in [-0.2, 0) is 12.5 Å². The van der Waals surface area contributed by atoms with E-state index in [-0.39, 0.29) is 5.41 Å². The Hall–Kier alpha value is -4.68. The summed E-state index contributed by atoms with van der Waals surface area (Å²) >= 11 is 0. The molecule has 0 N–H and O–H groups in total. The van der Waals surface area contributed by atoms with Gasteiger partial charge in [0, 0.05) is 29.8 Å². The summed E-state index contributed by atoms with van der Waals surface area (Å²) in [5.74, 6) is -0.731. The fraction of sp³-hybridized carbons (Fsp3) is 0.231. The zero-order valence-electron chi connectivity index (χ0n) is 26.5. The Bertz CT molecular complexity index is 2060. The van der Waals surface area contributed by atoms with Gasteiger partial charge in [-0.25, -0.2) is 4.57 Å². The number of fused-ring (bicyclic) bond motifs is 3. The van der Waals surface area contributed by atoms with Gasteiger partial charge in [0.1, 0.15) is 18.2 Å². The molecule has 0 spiro atoms. The first-order valence-corrected chi connectivity index (χ1v) is 14.5. The van der Waals surface area contributed by atoms with Crippen molar-refractivity contribution < 1.29 is 10.4 Å². The van der Waals surface area contributed by atoms with E-state index in [0.29, 0.717) is 11.1 Å². The van der Waals surface area contributed by atoms with E-state index in [1.54, 1.807) is 0 Å². The van der Waals surface area contributed by atoms with Crippen LogP contribution in [0.3, 0.4) is 0 Å². The molecule has 42 heavy (non-hydrogen) atoms. The maximum atomic E-state index is 10.2. The first-order valence-electron chi connectivity index (χ1n) is 15.0. The highest BCUT2D eigenvalue weighted by Gasteiger charge is 2.24. The van der Waals surface area contributed by atoms with Crippen molar-refractivity contribution in [2.45, 2.75) is 52.9 Å². The molecular formula is C39H37N2O+. The molecule has 0 unspecified atom stereocenters. The quantitative estimate of drug-likeness (QED) is 0.205. The Morgan fingerprint density at radius 1 is 0.810 bits per heavy atom. The molecule has 6 rings (SSSR count). The normalized spacial score (nSPS) is 12.5. The number of benzene rings is 4. The molecule has 208 valence electrons. The first kappa shape index (κ1) is 26.2. The Labute approximate surface area is 250 Å². The predicted octanol–water partition coefficient (Wildman–Crippen LogP) is 10.0. The first-order chi connectivity index (χ1) is 20.4. The summed E-state index contributed by atoms with van der Waals surface area (Å²) < 4.78 is 17.5. The van der Waals surface area contributed by atoms with E-state index in [2.05, 4.69) is 105 Å². The molecule has 2 heterocycles. The lowest BCUT2D eigenvalue weighted by atomic mass is 9.86. The monoisotopic (exact) mass is 550 g/mol. The van der Waals surface area contributed by atoms with Gasteiger partial charge in [-0.2, -0.15) is 5.26 Å². The van der Waals surface area contributed by atoms with Crippen molar-refractivity contribution in [3.8, 4) is 39.6 Å². The van der Waals surface area contributed by atoms with Gasteiger partial charge in [0.15, 0.2) is 6.20 Å². The van der Waals surface area contributed by atoms with Crippen LogP contribution in [0.15, 0.2) is 95.5 Å². The van der Waals surface area contributed by atoms with E-state index < -0.39 is 5.89 Å². The Morgan fingerprint density at radius 2 is 1.48 bits per heavy atom. The van der Waals surface area contributed by atoms with Gasteiger partial charge in [0.2, 0.25) is 5.69 Å². The van der Waals surface area contributed by atoms with Gasteiger partial charge < -0.3 is 4.42 Å². The van der Waals surface area contributed by atoms with E-state index in [0.717, 1.165) is 61.0 Å². The van der Waals surface area contributed by atoms with Gasteiger partial charge in [-0.15, -0.1) is 0 Å². The lowest BCUT2D eigenvalue weighted by Crippen LogP contribution is -2.31. The lowest BCUT2D eigenvalue weighted by Gasteiger charge is -2.19. The van der Waals surface area contributed by atoms with Crippen LogP contribution in [0.5, 0.6) is 0 Å². The van der Waals surface area contributed by atoms with Crippen molar-refractivity contribution >= 4 is 21.9 Å². The largest absolute Gasteiger partial charge is 0.454 e. The third-order valence-corrected chi connectivity index (χ3v) is 8.36. The van der Waals surface area contributed by atoms with Gasteiger partial charge in [-0.1, -0.05) is 89.2 Å². The highest BCUT2D eigenvalue weighted by Crippen LogP contribution is 2.42. The van der Waals surface area contributed by atoms with Gasteiger partial charge in [0.25, 0.3) is 0 Å². The Kier molecular flexibility index (Phi) is 6.43. The van der Waals surface area contributed by atoms with E-state index in [1.807, 2.05) is 45.3 Å². The van der Waals surface area contributed by atoms with Crippen molar-refractivity contribution in [1.82, 2.24) is 0 Å². The summed E-state index contributed by atoms with van der Waals surface area (Å²) in [6.45, 7) is 12.6. The summed E-state index contributed by atoms with van der Waals surface area (Å²) in [6, 6.07) is 31.8.